The van der Waals surface area contributed by atoms with Crippen molar-refractivity contribution in [1.82, 2.24) is 9.97 Å². The molecule has 2 aliphatic rings. The van der Waals surface area contributed by atoms with E-state index >= 15 is 0 Å². The van der Waals surface area contributed by atoms with Crippen LogP contribution in [0.15, 0.2) is 22.7 Å². The maximum atomic E-state index is 13.5. The maximum Gasteiger partial charge on any atom is 0.437 e. The highest BCUT2D eigenvalue weighted by Gasteiger charge is 2.42. The van der Waals surface area contributed by atoms with E-state index in [0.29, 0.717) is 58.1 Å². The number of hydrogen-bond acceptors (Lipinski definition) is 8. The van der Waals surface area contributed by atoms with Crippen LogP contribution in [0.25, 0.3) is 0 Å². The lowest BCUT2D eigenvalue weighted by atomic mass is 9.97. The van der Waals surface area contributed by atoms with Gasteiger partial charge in [-0.25, -0.2) is 4.98 Å². The molecule has 2 aromatic heterocycles. The van der Waals surface area contributed by atoms with Gasteiger partial charge >= 0.3 is 12.1 Å². The van der Waals surface area contributed by atoms with E-state index in [1.165, 1.54) is 17.2 Å². The number of nitrogens with one attached hydrogen (secondary N) is 1. The number of pyridine rings is 1. The minimum atomic E-state index is -4.87. The lowest BCUT2D eigenvalue weighted by Crippen LogP contribution is -2.36. The van der Waals surface area contributed by atoms with Crippen molar-refractivity contribution in [1.29, 1.82) is 0 Å². The Kier molecular flexibility index (Phi) is 6.40. The molecule has 0 atom stereocenters. The molecule has 33 heavy (non-hydrogen) atoms. The highest BCUT2D eigenvalue weighted by atomic mass is 19.4. The second-order valence-corrected chi connectivity index (χ2v) is 7.73. The summed E-state index contributed by atoms with van der Waals surface area (Å²) in [6.45, 7) is 2.27. The molecule has 2 N–H and O–H groups in total. The summed E-state index contributed by atoms with van der Waals surface area (Å²) in [5, 5.41) is 11.5. The van der Waals surface area contributed by atoms with E-state index in [4.69, 9.17) is 14.3 Å². The van der Waals surface area contributed by atoms with Crippen LogP contribution in [0.1, 0.15) is 29.1 Å². The first-order valence-corrected chi connectivity index (χ1v) is 10.4. The number of ether oxygens (including phenoxy) is 1. The first-order chi connectivity index (χ1) is 15.7. The van der Waals surface area contributed by atoms with E-state index < -0.39 is 29.5 Å². The second kappa shape index (κ2) is 9.25. The third kappa shape index (κ3) is 5.18. The number of rotatable bonds is 5. The number of piperidine rings is 1. The van der Waals surface area contributed by atoms with Crippen LogP contribution in [0.2, 0.25) is 0 Å². The van der Waals surface area contributed by atoms with Gasteiger partial charge in [0.25, 0.3) is 11.9 Å². The average molecular weight is 469 g/mol. The van der Waals surface area contributed by atoms with Crippen LogP contribution in [0.4, 0.5) is 30.7 Å². The number of carbonyl (C=O) groups is 2. The van der Waals surface area contributed by atoms with Crippen molar-refractivity contribution in [3.8, 4) is 0 Å². The van der Waals surface area contributed by atoms with Crippen molar-refractivity contribution in [2.45, 2.75) is 19.0 Å². The lowest BCUT2D eigenvalue weighted by molar-refractivity contribution is -0.142. The standard InChI is InChI=1S/C20H22F3N5O5/c21-20(22,23)16-15(33-19(26-16)28-7-9-32-10-8-28)17(29)25-13-1-2-14(24-11-13)27-5-3-12(4-6-27)18(30)31/h1-2,11-12H,3-10H2,(H,25,29)(H,30,31). The van der Waals surface area contributed by atoms with Gasteiger partial charge in [0.1, 0.15) is 5.82 Å². The molecule has 0 unspecified atom stereocenters. The summed E-state index contributed by atoms with van der Waals surface area (Å²) >= 11 is 0. The Hall–Kier alpha value is -3.35. The Balaban J connectivity index is 1.45. The number of hydrogen-bond donors (Lipinski definition) is 2. The third-order valence-electron chi connectivity index (χ3n) is 5.55. The van der Waals surface area contributed by atoms with E-state index in [1.807, 2.05) is 4.90 Å². The molecule has 4 rings (SSSR count). The topological polar surface area (TPSA) is 121 Å². The van der Waals surface area contributed by atoms with E-state index in [-0.39, 0.29) is 17.6 Å². The van der Waals surface area contributed by atoms with Crippen molar-refractivity contribution in [3.63, 3.8) is 0 Å². The van der Waals surface area contributed by atoms with Crippen molar-refractivity contribution < 1.29 is 37.0 Å². The molecule has 1 amide bonds. The number of alkyl halides is 3. The monoisotopic (exact) mass is 469 g/mol. The molecule has 0 spiro atoms. The SMILES string of the molecule is O=C(Nc1ccc(N2CCC(C(=O)O)CC2)nc1)c1oc(N2CCOCC2)nc1C(F)(F)F. The van der Waals surface area contributed by atoms with Crippen molar-refractivity contribution in [2.24, 2.45) is 5.92 Å². The predicted molar refractivity (Wildman–Crippen MR) is 109 cm³/mol. The summed E-state index contributed by atoms with van der Waals surface area (Å²) < 4.78 is 50.8. The zero-order chi connectivity index (χ0) is 23.6. The second-order valence-electron chi connectivity index (χ2n) is 7.73. The van der Waals surface area contributed by atoms with Crippen LogP contribution < -0.4 is 15.1 Å². The van der Waals surface area contributed by atoms with Crippen molar-refractivity contribution in [2.75, 3.05) is 54.5 Å². The smallest absolute Gasteiger partial charge is 0.437 e. The highest BCUT2D eigenvalue weighted by Crippen LogP contribution is 2.34. The quantitative estimate of drug-likeness (QED) is 0.680. The van der Waals surface area contributed by atoms with Gasteiger partial charge in [0.15, 0.2) is 5.69 Å². The fourth-order valence-electron chi connectivity index (χ4n) is 3.74. The largest absolute Gasteiger partial charge is 0.481 e. The van der Waals surface area contributed by atoms with Crippen LogP contribution in [0.5, 0.6) is 0 Å². The van der Waals surface area contributed by atoms with Gasteiger partial charge in [-0.2, -0.15) is 18.2 Å². The first-order valence-electron chi connectivity index (χ1n) is 10.4. The van der Waals surface area contributed by atoms with Gasteiger partial charge in [0.2, 0.25) is 5.76 Å². The zero-order valence-corrected chi connectivity index (χ0v) is 17.5. The number of nitrogens with zero attached hydrogens (tertiary/aromatic N) is 4. The number of carboxylic acid groups (broad SMARTS) is 1. The van der Waals surface area contributed by atoms with Gasteiger partial charge in [-0.3, -0.25) is 9.59 Å². The fourth-order valence-corrected chi connectivity index (χ4v) is 3.74. The van der Waals surface area contributed by atoms with Crippen molar-refractivity contribution >= 4 is 29.4 Å². The van der Waals surface area contributed by atoms with Crippen LogP contribution >= 0.6 is 0 Å². The highest BCUT2D eigenvalue weighted by molar-refractivity contribution is 6.03. The number of halogens is 3. The van der Waals surface area contributed by atoms with Gasteiger partial charge in [-0.15, -0.1) is 0 Å². The van der Waals surface area contributed by atoms with Crippen LogP contribution in [0, 0.1) is 5.92 Å². The maximum absolute atomic E-state index is 13.5. The van der Waals surface area contributed by atoms with Crippen LogP contribution in [-0.2, 0) is 15.7 Å². The molecule has 178 valence electrons. The van der Waals surface area contributed by atoms with Crippen LogP contribution in [0.3, 0.4) is 0 Å². The number of aliphatic carboxylic acids is 1. The Morgan fingerprint density at radius 1 is 1.09 bits per heavy atom. The van der Waals surface area contributed by atoms with Gasteiger partial charge in [-0.05, 0) is 25.0 Å². The Morgan fingerprint density at radius 3 is 2.36 bits per heavy atom. The minimum absolute atomic E-state index is 0.182. The van der Waals surface area contributed by atoms with Gasteiger partial charge in [-0.1, -0.05) is 0 Å². The van der Waals surface area contributed by atoms with E-state index in [1.54, 1.807) is 6.07 Å². The van der Waals surface area contributed by atoms with Crippen molar-refractivity contribution in [3.05, 3.63) is 29.8 Å². The molecule has 2 fully saturated rings. The van der Waals surface area contributed by atoms with Crippen LogP contribution in [-0.4, -0.2) is 66.3 Å². The van der Waals surface area contributed by atoms with Gasteiger partial charge in [0.05, 0.1) is 31.0 Å². The summed E-state index contributed by atoms with van der Waals surface area (Å²) in [5.41, 5.74) is -1.21. The molecule has 0 radical (unpaired) electrons. The molecule has 0 aromatic carbocycles. The number of carboxylic acids is 1. The molecule has 2 saturated heterocycles. The summed E-state index contributed by atoms with van der Waals surface area (Å²) in [4.78, 5) is 34.8. The summed E-state index contributed by atoms with van der Waals surface area (Å²) in [6.07, 6.45) is -2.56. The molecule has 13 heteroatoms. The lowest BCUT2D eigenvalue weighted by Gasteiger charge is -2.31. The predicted octanol–water partition coefficient (Wildman–Crippen LogP) is 2.48. The number of carbonyl (C=O) groups excluding carboxylic acids is 1. The normalized spacial score (nSPS) is 17.8. The molecule has 0 saturated carbocycles. The zero-order valence-electron chi connectivity index (χ0n) is 17.5. The molecule has 0 aliphatic carbocycles. The molecular formula is C20H22F3N5O5. The summed E-state index contributed by atoms with van der Waals surface area (Å²) in [7, 11) is 0. The number of amides is 1. The minimum Gasteiger partial charge on any atom is -0.481 e. The fraction of sp³-hybridized carbons (Fsp3) is 0.500. The van der Waals surface area contributed by atoms with E-state index in [9.17, 15) is 22.8 Å². The number of anilines is 3. The first kappa shape index (κ1) is 22.8. The molecule has 4 heterocycles. The Bertz CT molecular complexity index is 997. The number of morpholine rings is 1. The average Bonchev–Trinajstić information content (AvgIpc) is 3.27. The molecular weight excluding hydrogens is 447 g/mol. The molecule has 2 aliphatic heterocycles. The van der Waals surface area contributed by atoms with Gasteiger partial charge in [0, 0.05) is 26.2 Å². The molecule has 2 aromatic rings. The Labute approximate surface area is 186 Å². The molecule has 0 bridgehead atoms. The summed E-state index contributed by atoms with van der Waals surface area (Å²) in [6, 6.07) is 2.84. The Morgan fingerprint density at radius 2 is 1.79 bits per heavy atom. The summed E-state index contributed by atoms with van der Waals surface area (Å²) in [5.74, 6) is -2.63. The van der Waals surface area contributed by atoms with Gasteiger partial charge < -0.3 is 29.4 Å². The van der Waals surface area contributed by atoms with E-state index in [0.717, 1.165) is 0 Å². The third-order valence-corrected chi connectivity index (χ3v) is 5.55. The number of oxazole rings is 1. The molecule has 10 nitrogen and oxygen atoms in total. The number of aromatic nitrogens is 2. The van der Waals surface area contributed by atoms with E-state index in [2.05, 4.69) is 15.3 Å².